The summed E-state index contributed by atoms with van der Waals surface area (Å²) < 4.78 is 2.21. The van der Waals surface area contributed by atoms with Gasteiger partial charge in [-0.15, -0.1) is 0 Å². The number of hydrogen-bond donors (Lipinski definition) is 1. The Hall–Kier alpha value is -0.830. The van der Waals surface area contributed by atoms with Crippen LogP contribution in [0.25, 0.3) is 0 Å². The lowest BCUT2D eigenvalue weighted by molar-refractivity contribution is 0.246. The van der Waals surface area contributed by atoms with Crippen molar-refractivity contribution in [3.63, 3.8) is 0 Å². The molecule has 1 aromatic heterocycles. The summed E-state index contributed by atoms with van der Waals surface area (Å²) in [4.78, 5) is 0. The molecule has 1 N–H and O–H groups in total. The Morgan fingerprint density at radius 1 is 1.38 bits per heavy atom. The zero-order valence-corrected chi connectivity index (χ0v) is 14.6. The Balaban J connectivity index is 2.06. The van der Waals surface area contributed by atoms with Gasteiger partial charge in [0.05, 0.1) is 5.69 Å². The van der Waals surface area contributed by atoms with Crippen molar-refractivity contribution >= 4 is 0 Å². The highest BCUT2D eigenvalue weighted by Gasteiger charge is 2.41. The maximum Gasteiger partial charge on any atom is 0.0624 e. The van der Waals surface area contributed by atoms with Gasteiger partial charge in [0.2, 0.25) is 0 Å². The first kappa shape index (κ1) is 16.5. The second kappa shape index (κ2) is 6.95. The molecule has 0 bridgehead atoms. The molecule has 120 valence electrons. The van der Waals surface area contributed by atoms with Crippen molar-refractivity contribution in [1.82, 2.24) is 15.1 Å². The van der Waals surface area contributed by atoms with Crippen molar-refractivity contribution in [2.75, 3.05) is 13.1 Å². The molecule has 0 radical (unpaired) electrons. The van der Waals surface area contributed by atoms with E-state index >= 15 is 0 Å². The molecular weight excluding hydrogens is 258 g/mol. The summed E-state index contributed by atoms with van der Waals surface area (Å²) in [5, 5.41) is 8.41. The topological polar surface area (TPSA) is 29.9 Å². The van der Waals surface area contributed by atoms with Gasteiger partial charge >= 0.3 is 0 Å². The molecule has 2 rings (SSSR count). The molecule has 0 aromatic carbocycles. The van der Waals surface area contributed by atoms with Gasteiger partial charge in [-0.3, -0.25) is 4.68 Å². The molecule has 1 heterocycles. The predicted octanol–water partition coefficient (Wildman–Crippen LogP) is 3.67. The second-order valence-corrected chi connectivity index (χ2v) is 7.43. The predicted molar refractivity (Wildman–Crippen MR) is 89.5 cm³/mol. The van der Waals surface area contributed by atoms with Gasteiger partial charge in [-0.05, 0) is 62.5 Å². The maximum absolute atomic E-state index is 4.72. The van der Waals surface area contributed by atoms with Crippen molar-refractivity contribution in [3.8, 4) is 0 Å². The molecule has 1 saturated carbocycles. The number of hydrogen-bond acceptors (Lipinski definition) is 2. The van der Waals surface area contributed by atoms with E-state index in [4.69, 9.17) is 5.10 Å². The lowest BCUT2D eigenvalue weighted by atomic mass is 9.80. The third-order valence-electron chi connectivity index (χ3n) is 4.81. The standard InChI is InChI=1S/C18H33N3/c1-6-16-10-17(21(7-2)20-16)11-18(5,15-8-9-15)13-19-12-14(3)4/h10,14-15,19H,6-9,11-13H2,1-5H3. The van der Waals surface area contributed by atoms with Crippen LogP contribution in [-0.2, 0) is 19.4 Å². The number of nitrogens with zero attached hydrogens (tertiary/aromatic N) is 2. The fourth-order valence-electron chi connectivity index (χ4n) is 3.30. The molecule has 3 nitrogen and oxygen atoms in total. The van der Waals surface area contributed by atoms with E-state index in [2.05, 4.69) is 50.7 Å². The van der Waals surface area contributed by atoms with Crippen LogP contribution in [0.1, 0.15) is 58.8 Å². The first-order chi connectivity index (χ1) is 9.98. The largest absolute Gasteiger partial charge is 0.316 e. The highest BCUT2D eigenvalue weighted by atomic mass is 15.3. The molecule has 0 aliphatic heterocycles. The molecule has 1 aliphatic rings. The molecule has 1 aromatic rings. The Bertz CT molecular complexity index is 445. The van der Waals surface area contributed by atoms with E-state index in [1.165, 1.54) is 24.2 Å². The lowest BCUT2D eigenvalue weighted by Crippen LogP contribution is -2.37. The summed E-state index contributed by atoms with van der Waals surface area (Å²) in [6.07, 6.45) is 5.00. The van der Waals surface area contributed by atoms with Crippen LogP contribution in [0.15, 0.2) is 6.07 Å². The monoisotopic (exact) mass is 291 g/mol. The van der Waals surface area contributed by atoms with E-state index < -0.39 is 0 Å². The molecule has 0 amide bonds. The normalized spacial score (nSPS) is 18.2. The molecule has 3 heteroatoms. The summed E-state index contributed by atoms with van der Waals surface area (Å²) in [6.45, 7) is 14.6. The summed E-state index contributed by atoms with van der Waals surface area (Å²) in [5.74, 6) is 1.61. The summed E-state index contributed by atoms with van der Waals surface area (Å²) in [6, 6.07) is 2.33. The maximum atomic E-state index is 4.72. The Morgan fingerprint density at radius 3 is 2.62 bits per heavy atom. The average molecular weight is 291 g/mol. The molecule has 1 aliphatic carbocycles. The number of aromatic nitrogens is 2. The number of nitrogens with one attached hydrogen (secondary N) is 1. The lowest BCUT2D eigenvalue weighted by Gasteiger charge is -2.31. The minimum Gasteiger partial charge on any atom is -0.316 e. The van der Waals surface area contributed by atoms with Gasteiger partial charge < -0.3 is 5.32 Å². The zero-order valence-electron chi connectivity index (χ0n) is 14.6. The van der Waals surface area contributed by atoms with E-state index in [0.717, 1.165) is 44.3 Å². The molecule has 1 fully saturated rings. The van der Waals surface area contributed by atoms with Crippen LogP contribution in [0.4, 0.5) is 0 Å². The Kier molecular flexibility index (Phi) is 5.48. The van der Waals surface area contributed by atoms with Crippen LogP contribution in [0.5, 0.6) is 0 Å². The van der Waals surface area contributed by atoms with Crippen LogP contribution in [-0.4, -0.2) is 22.9 Å². The molecule has 0 spiro atoms. The third kappa shape index (κ3) is 4.32. The SMILES string of the molecule is CCc1cc(CC(C)(CNCC(C)C)C2CC2)n(CC)n1. The fourth-order valence-corrected chi connectivity index (χ4v) is 3.30. The molecule has 1 unspecified atom stereocenters. The van der Waals surface area contributed by atoms with E-state index in [1.807, 2.05) is 0 Å². The van der Waals surface area contributed by atoms with E-state index in [-0.39, 0.29) is 0 Å². The fraction of sp³-hybridized carbons (Fsp3) is 0.833. The van der Waals surface area contributed by atoms with E-state index in [0.29, 0.717) is 5.41 Å². The smallest absolute Gasteiger partial charge is 0.0624 e. The van der Waals surface area contributed by atoms with E-state index in [9.17, 15) is 0 Å². The van der Waals surface area contributed by atoms with Crippen LogP contribution >= 0.6 is 0 Å². The molecule has 0 saturated heterocycles. The number of aryl methyl sites for hydroxylation is 2. The van der Waals surface area contributed by atoms with Crippen molar-refractivity contribution in [1.29, 1.82) is 0 Å². The van der Waals surface area contributed by atoms with Crippen LogP contribution < -0.4 is 5.32 Å². The van der Waals surface area contributed by atoms with Gasteiger partial charge in [-0.1, -0.05) is 27.7 Å². The minimum atomic E-state index is 0.382. The summed E-state index contributed by atoms with van der Waals surface area (Å²) in [5.41, 5.74) is 3.04. The first-order valence-corrected chi connectivity index (χ1v) is 8.74. The highest BCUT2D eigenvalue weighted by Crippen LogP contribution is 2.47. The zero-order chi connectivity index (χ0) is 15.5. The van der Waals surface area contributed by atoms with Crippen molar-refractivity contribution in [2.45, 2.75) is 66.8 Å². The molecule has 21 heavy (non-hydrogen) atoms. The van der Waals surface area contributed by atoms with Crippen molar-refractivity contribution in [2.24, 2.45) is 17.3 Å². The van der Waals surface area contributed by atoms with Gasteiger partial charge in [-0.25, -0.2) is 0 Å². The molecule has 1 atom stereocenters. The third-order valence-corrected chi connectivity index (χ3v) is 4.81. The van der Waals surface area contributed by atoms with Gasteiger partial charge in [0.1, 0.15) is 0 Å². The van der Waals surface area contributed by atoms with Crippen LogP contribution in [0, 0.1) is 17.3 Å². The average Bonchev–Trinajstić information content (AvgIpc) is 3.21. The number of rotatable bonds is 9. The quantitative estimate of drug-likeness (QED) is 0.752. The molecular formula is C18H33N3. The van der Waals surface area contributed by atoms with Crippen molar-refractivity contribution < 1.29 is 0 Å². The van der Waals surface area contributed by atoms with Crippen LogP contribution in [0.3, 0.4) is 0 Å². The summed E-state index contributed by atoms with van der Waals surface area (Å²) in [7, 11) is 0. The summed E-state index contributed by atoms with van der Waals surface area (Å²) >= 11 is 0. The van der Waals surface area contributed by atoms with Gasteiger partial charge in [0.25, 0.3) is 0 Å². The minimum absolute atomic E-state index is 0.382. The van der Waals surface area contributed by atoms with Gasteiger partial charge in [-0.2, -0.15) is 5.10 Å². The van der Waals surface area contributed by atoms with Crippen LogP contribution in [0.2, 0.25) is 0 Å². The second-order valence-electron chi connectivity index (χ2n) is 7.43. The van der Waals surface area contributed by atoms with E-state index in [1.54, 1.807) is 0 Å². The highest BCUT2D eigenvalue weighted by molar-refractivity contribution is 5.14. The Morgan fingerprint density at radius 2 is 2.10 bits per heavy atom. The van der Waals surface area contributed by atoms with Gasteiger partial charge in [0.15, 0.2) is 0 Å². The van der Waals surface area contributed by atoms with Crippen molar-refractivity contribution in [3.05, 3.63) is 17.5 Å². The first-order valence-electron chi connectivity index (χ1n) is 8.74. The van der Waals surface area contributed by atoms with Gasteiger partial charge in [0, 0.05) is 18.8 Å². The Labute approximate surface area is 130 Å².